The first-order valence-corrected chi connectivity index (χ1v) is 5.99. The molecule has 0 bridgehead atoms. The first-order valence-electron chi connectivity index (χ1n) is 5.99. The maximum Gasteiger partial charge on any atom is 0.405 e. The van der Waals surface area contributed by atoms with Crippen molar-refractivity contribution in [1.82, 2.24) is 10.7 Å². The third kappa shape index (κ3) is 2.87. The molecule has 21 heavy (non-hydrogen) atoms. The first-order chi connectivity index (χ1) is 9.93. The SMILES string of the molecule is CN1C(=O)C(NC(=O)O)COc2cc(C(=O)NN)ccc21. The summed E-state index contributed by atoms with van der Waals surface area (Å²) in [4.78, 5) is 35.6. The van der Waals surface area contributed by atoms with E-state index in [0.717, 1.165) is 0 Å². The summed E-state index contributed by atoms with van der Waals surface area (Å²) < 4.78 is 5.43. The number of benzene rings is 1. The van der Waals surface area contributed by atoms with Crippen molar-refractivity contribution in [2.75, 3.05) is 18.6 Å². The fraction of sp³-hybridized carbons (Fsp3) is 0.250. The third-order valence-electron chi connectivity index (χ3n) is 3.05. The molecule has 1 aliphatic rings. The van der Waals surface area contributed by atoms with Crippen molar-refractivity contribution < 1.29 is 24.2 Å². The Bertz CT molecular complexity index is 603. The van der Waals surface area contributed by atoms with Crippen LogP contribution in [-0.4, -0.2) is 42.7 Å². The van der Waals surface area contributed by atoms with E-state index in [4.69, 9.17) is 15.7 Å². The van der Waals surface area contributed by atoms with Gasteiger partial charge in [-0.05, 0) is 18.2 Å². The molecule has 0 saturated heterocycles. The number of carboxylic acid groups (broad SMARTS) is 1. The lowest BCUT2D eigenvalue weighted by molar-refractivity contribution is -0.120. The second-order valence-electron chi connectivity index (χ2n) is 4.37. The van der Waals surface area contributed by atoms with E-state index in [2.05, 4.69) is 5.32 Å². The Kier molecular flexibility index (Phi) is 3.94. The Morgan fingerprint density at radius 1 is 1.48 bits per heavy atom. The number of hydrogen-bond donors (Lipinski definition) is 4. The van der Waals surface area contributed by atoms with E-state index in [1.807, 2.05) is 5.43 Å². The van der Waals surface area contributed by atoms with Gasteiger partial charge in [0, 0.05) is 12.6 Å². The van der Waals surface area contributed by atoms with Crippen LogP contribution in [0.5, 0.6) is 5.75 Å². The van der Waals surface area contributed by atoms with Gasteiger partial charge in [0.15, 0.2) is 0 Å². The number of rotatable bonds is 2. The molecule has 1 aliphatic heterocycles. The van der Waals surface area contributed by atoms with Gasteiger partial charge in [0.25, 0.3) is 11.8 Å². The minimum atomic E-state index is -1.32. The molecule has 1 atom stereocenters. The number of nitrogens with one attached hydrogen (secondary N) is 2. The average molecular weight is 294 g/mol. The number of hydrazine groups is 1. The third-order valence-corrected chi connectivity index (χ3v) is 3.05. The quantitative estimate of drug-likeness (QED) is 0.323. The molecular formula is C12H14N4O5. The number of nitrogen functional groups attached to an aromatic ring is 1. The summed E-state index contributed by atoms with van der Waals surface area (Å²) in [6.45, 7) is -0.170. The molecule has 0 aliphatic carbocycles. The maximum absolute atomic E-state index is 12.1. The van der Waals surface area contributed by atoms with E-state index in [9.17, 15) is 14.4 Å². The van der Waals surface area contributed by atoms with Crippen molar-refractivity contribution >= 4 is 23.6 Å². The van der Waals surface area contributed by atoms with Crippen molar-refractivity contribution in [3.63, 3.8) is 0 Å². The molecule has 5 N–H and O–H groups in total. The summed E-state index contributed by atoms with van der Waals surface area (Å²) in [5.74, 6) is 4.40. The van der Waals surface area contributed by atoms with E-state index in [0.29, 0.717) is 11.4 Å². The van der Waals surface area contributed by atoms with E-state index in [-0.39, 0.29) is 12.2 Å². The predicted octanol–water partition coefficient (Wildman–Crippen LogP) is -0.718. The minimum Gasteiger partial charge on any atom is -0.489 e. The fourth-order valence-corrected chi connectivity index (χ4v) is 1.98. The van der Waals surface area contributed by atoms with Crippen LogP contribution in [0.2, 0.25) is 0 Å². The van der Waals surface area contributed by atoms with E-state index >= 15 is 0 Å². The van der Waals surface area contributed by atoms with Gasteiger partial charge in [-0.15, -0.1) is 0 Å². The smallest absolute Gasteiger partial charge is 0.405 e. The van der Waals surface area contributed by atoms with Crippen molar-refractivity contribution in [3.8, 4) is 5.75 Å². The molecule has 0 fully saturated rings. The first kappa shape index (κ1) is 14.6. The molecule has 1 heterocycles. The van der Waals surface area contributed by atoms with Gasteiger partial charge in [-0.3, -0.25) is 15.0 Å². The highest BCUT2D eigenvalue weighted by Gasteiger charge is 2.30. The summed E-state index contributed by atoms with van der Waals surface area (Å²) in [6.07, 6.45) is -1.32. The Hall–Kier alpha value is -2.81. The van der Waals surface area contributed by atoms with Gasteiger partial charge >= 0.3 is 6.09 Å². The normalized spacial score (nSPS) is 17.3. The lowest BCUT2D eigenvalue weighted by Gasteiger charge is -2.19. The lowest BCUT2D eigenvalue weighted by Crippen LogP contribution is -2.48. The Morgan fingerprint density at radius 3 is 2.81 bits per heavy atom. The highest BCUT2D eigenvalue weighted by molar-refractivity contribution is 6.01. The molecule has 2 rings (SSSR count). The number of carbonyl (C=O) groups excluding carboxylic acids is 2. The highest BCUT2D eigenvalue weighted by atomic mass is 16.5. The van der Waals surface area contributed by atoms with Crippen molar-refractivity contribution in [3.05, 3.63) is 23.8 Å². The molecule has 9 nitrogen and oxygen atoms in total. The second kappa shape index (κ2) is 5.67. The molecule has 0 aromatic heterocycles. The van der Waals surface area contributed by atoms with Crippen LogP contribution in [0.15, 0.2) is 18.2 Å². The summed E-state index contributed by atoms with van der Waals surface area (Å²) in [5.41, 5.74) is 2.69. The van der Waals surface area contributed by atoms with Crippen molar-refractivity contribution in [2.24, 2.45) is 5.84 Å². The number of amides is 3. The van der Waals surface area contributed by atoms with Crippen LogP contribution in [-0.2, 0) is 4.79 Å². The zero-order valence-corrected chi connectivity index (χ0v) is 11.1. The monoisotopic (exact) mass is 294 g/mol. The van der Waals surface area contributed by atoms with Gasteiger partial charge in [-0.1, -0.05) is 0 Å². The predicted molar refractivity (Wildman–Crippen MR) is 71.9 cm³/mol. The number of carbonyl (C=O) groups is 3. The second-order valence-corrected chi connectivity index (χ2v) is 4.37. The van der Waals surface area contributed by atoms with Gasteiger partial charge < -0.3 is 20.1 Å². The molecule has 1 aromatic rings. The molecular weight excluding hydrogens is 280 g/mol. The summed E-state index contributed by atoms with van der Waals surface area (Å²) >= 11 is 0. The number of fused-ring (bicyclic) bond motifs is 1. The molecule has 3 amide bonds. The zero-order valence-electron chi connectivity index (χ0n) is 11.1. The van der Waals surface area contributed by atoms with Crippen LogP contribution in [0.4, 0.5) is 10.5 Å². The van der Waals surface area contributed by atoms with Crippen LogP contribution in [0.1, 0.15) is 10.4 Å². The van der Waals surface area contributed by atoms with E-state index in [1.165, 1.54) is 30.1 Å². The van der Waals surface area contributed by atoms with Crippen molar-refractivity contribution in [1.29, 1.82) is 0 Å². The molecule has 0 saturated carbocycles. The fourth-order valence-electron chi connectivity index (χ4n) is 1.98. The maximum atomic E-state index is 12.1. The molecule has 0 radical (unpaired) electrons. The number of anilines is 1. The van der Waals surface area contributed by atoms with Crippen LogP contribution < -0.4 is 26.2 Å². The summed E-state index contributed by atoms with van der Waals surface area (Å²) in [5, 5.41) is 10.8. The molecule has 112 valence electrons. The molecule has 1 aromatic carbocycles. The number of nitrogens with two attached hydrogens (primary N) is 1. The molecule has 9 heteroatoms. The number of ether oxygens (including phenoxy) is 1. The average Bonchev–Trinajstić information content (AvgIpc) is 2.58. The number of hydrogen-bond acceptors (Lipinski definition) is 5. The highest BCUT2D eigenvalue weighted by Crippen LogP contribution is 2.31. The number of nitrogens with zero attached hydrogens (tertiary/aromatic N) is 1. The topological polar surface area (TPSA) is 134 Å². The minimum absolute atomic E-state index is 0.170. The van der Waals surface area contributed by atoms with E-state index in [1.54, 1.807) is 0 Å². The lowest BCUT2D eigenvalue weighted by atomic mass is 10.1. The molecule has 1 unspecified atom stereocenters. The van der Waals surface area contributed by atoms with Gasteiger partial charge in [-0.25, -0.2) is 10.6 Å². The standard InChI is InChI=1S/C12H14N4O5/c1-16-8-3-2-6(10(17)15-13)4-9(8)21-5-7(11(16)18)14-12(19)20/h2-4,7,14H,5,13H2,1H3,(H,15,17)(H,19,20). The van der Waals surface area contributed by atoms with Crippen LogP contribution >= 0.6 is 0 Å². The van der Waals surface area contributed by atoms with E-state index < -0.39 is 23.9 Å². The van der Waals surface area contributed by atoms with Gasteiger partial charge in [0.1, 0.15) is 18.4 Å². The molecule has 0 spiro atoms. The van der Waals surface area contributed by atoms with Crippen LogP contribution in [0.25, 0.3) is 0 Å². The van der Waals surface area contributed by atoms with Crippen LogP contribution in [0.3, 0.4) is 0 Å². The number of likely N-dealkylation sites (N-methyl/N-ethyl adjacent to an activating group) is 1. The van der Waals surface area contributed by atoms with Gasteiger partial charge in [0.05, 0.1) is 5.69 Å². The Morgan fingerprint density at radius 2 is 2.19 bits per heavy atom. The Labute approximate surface area is 119 Å². The van der Waals surface area contributed by atoms with Gasteiger partial charge in [0.2, 0.25) is 0 Å². The summed E-state index contributed by atoms with van der Waals surface area (Å²) in [6, 6.07) is 3.43. The largest absolute Gasteiger partial charge is 0.489 e. The zero-order chi connectivity index (χ0) is 15.6. The van der Waals surface area contributed by atoms with Crippen LogP contribution in [0, 0.1) is 0 Å². The summed E-state index contributed by atoms with van der Waals surface area (Å²) in [7, 11) is 1.50. The van der Waals surface area contributed by atoms with Gasteiger partial charge in [-0.2, -0.15) is 0 Å². The Balaban J connectivity index is 2.34. The van der Waals surface area contributed by atoms with Crippen molar-refractivity contribution in [2.45, 2.75) is 6.04 Å².